The number of nitrogens with one attached hydrogen (secondary N) is 1. The number of hydrogen-bond acceptors (Lipinski definition) is 5. The fourth-order valence-corrected chi connectivity index (χ4v) is 1.98. The maximum atomic E-state index is 5.91. The lowest BCUT2D eigenvalue weighted by Crippen LogP contribution is -2.08. The number of nitrogens with two attached hydrogens (primary N) is 1. The van der Waals surface area contributed by atoms with Crippen molar-refractivity contribution in [2.75, 3.05) is 17.7 Å². The van der Waals surface area contributed by atoms with E-state index in [1.54, 1.807) is 6.20 Å². The van der Waals surface area contributed by atoms with Crippen LogP contribution in [0.15, 0.2) is 30.5 Å². The van der Waals surface area contributed by atoms with Crippen LogP contribution in [0.4, 0.5) is 11.5 Å². The molecule has 0 bridgehead atoms. The molecule has 0 aliphatic heterocycles. The minimum atomic E-state index is 0.523. The summed E-state index contributed by atoms with van der Waals surface area (Å²) >= 11 is 0. The number of aromatic nitrogens is 2. The minimum absolute atomic E-state index is 0.523. The fraction of sp³-hybridized carbons (Fsp3) is 0.375. The zero-order chi connectivity index (χ0) is 15.1. The highest BCUT2D eigenvalue weighted by molar-refractivity contribution is 5.52. The molecule has 1 aromatic carbocycles. The molecule has 0 saturated carbocycles. The van der Waals surface area contributed by atoms with Crippen molar-refractivity contribution in [1.82, 2.24) is 9.97 Å². The Morgan fingerprint density at radius 2 is 2.05 bits per heavy atom. The first-order valence-electron chi connectivity index (χ1n) is 7.18. The predicted molar refractivity (Wildman–Crippen MR) is 84.9 cm³/mol. The number of rotatable bonds is 7. The lowest BCUT2D eigenvalue weighted by Gasteiger charge is -2.13. The van der Waals surface area contributed by atoms with Crippen LogP contribution in [0.5, 0.6) is 0 Å². The molecule has 0 amide bonds. The van der Waals surface area contributed by atoms with Gasteiger partial charge in [0.1, 0.15) is 11.6 Å². The van der Waals surface area contributed by atoms with Crippen LogP contribution < -0.4 is 11.1 Å². The average Bonchev–Trinajstić information content (AvgIpc) is 2.48. The van der Waals surface area contributed by atoms with Crippen LogP contribution >= 0.6 is 0 Å². The van der Waals surface area contributed by atoms with Crippen molar-refractivity contribution in [3.63, 3.8) is 0 Å². The Bertz CT molecular complexity index is 586. The highest BCUT2D eigenvalue weighted by atomic mass is 16.5. The molecule has 0 aliphatic rings. The van der Waals surface area contributed by atoms with Crippen molar-refractivity contribution in [3.05, 3.63) is 47.4 Å². The van der Waals surface area contributed by atoms with Crippen molar-refractivity contribution in [2.24, 2.45) is 0 Å². The number of hydrogen-bond donors (Lipinski definition) is 2. The van der Waals surface area contributed by atoms with E-state index in [4.69, 9.17) is 10.5 Å². The van der Waals surface area contributed by atoms with Crippen LogP contribution in [-0.2, 0) is 17.9 Å². The van der Waals surface area contributed by atoms with E-state index in [1.807, 2.05) is 25.1 Å². The molecule has 21 heavy (non-hydrogen) atoms. The smallest absolute Gasteiger partial charge is 0.132 e. The second kappa shape index (κ2) is 7.59. The van der Waals surface area contributed by atoms with E-state index < -0.39 is 0 Å². The van der Waals surface area contributed by atoms with Gasteiger partial charge >= 0.3 is 0 Å². The van der Waals surface area contributed by atoms with Gasteiger partial charge in [0.05, 0.1) is 6.61 Å². The third-order valence-corrected chi connectivity index (χ3v) is 3.11. The predicted octanol–water partition coefficient (Wildman–Crippen LogP) is 2.91. The Morgan fingerprint density at radius 1 is 1.24 bits per heavy atom. The van der Waals surface area contributed by atoms with Gasteiger partial charge in [-0.05, 0) is 19.4 Å². The van der Waals surface area contributed by atoms with Crippen molar-refractivity contribution in [3.8, 4) is 0 Å². The highest BCUT2D eigenvalue weighted by Gasteiger charge is 2.05. The molecule has 0 spiro atoms. The van der Waals surface area contributed by atoms with E-state index in [-0.39, 0.29) is 0 Å². The molecule has 5 heteroatoms. The summed E-state index contributed by atoms with van der Waals surface area (Å²) in [7, 11) is 0. The summed E-state index contributed by atoms with van der Waals surface area (Å²) in [6.45, 7) is 5.90. The Hall–Kier alpha value is -2.14. The zero-order valence-corrected chi connectivity index (χ0v) is 12.6. The molecular formula is C16H22N4O. The summed E-state index contributed by atoms with van der Waals surface area (Å²) < 4.78 is 5.61. The van der Waals surface area contributed by atoms with Gasteiger partial charge < -0.3 is 15.8 Å². The van der Waals surface area contributed by atoms with Gasteiger partial charge in [-0.3, -0.25) is 0 Å². The third-order valence-electron chi connectivity index (χ3n) is 3.11. The number of benzene rings is 1. The van der Waals surface area contributed by atoms with E-state index in [0.29, 0.717) is 24.8 Å². The lowest BCUT2D eigenvalue weighted by atomic mass is 10.2. The summed E-state index contributed by atoms with van der Waals surface area (Å²) in [5.41, 5.74) is 8.99. The summed E-state index contributed by atoms with van der Waals surface area (Å²) in [6, 6.07) is 8.11. The van der Waals surface area contributed by atoms with Gasteiger partial charge in [-0.1, -0.05) is 25.1 Å². The molecule has 112 valence electrons. The van der Waals surface area contributed by atoms with E-state index >= 15 is 0 Å². The van der Waals surface area contributed by atoms with Gasteiger partial charge in [0.2, 0.25) is 0 Å². The number of aryl methyl sites for hydroxylation is 1. The number of para-hydroxylation sites is 1. The van der Waals surface area contributed by atoms with Crippen LogP contribution in [0, 0.1) is 6.92 Å². The van der Waals surface area contributed by atoms with Crippen LogP contribution in [0.2, 0.25) is 0 Å². The maximum Gasteiger partial charge on any atom is 0.132 e. The first-order valence-corrected chi connectivity index (χ1v) is 7.18. The number of nitrogens with zero attached hydrogens (tertiary/aromatic N) is 2. The molecule has 0 radical (unpaired) electrons. The van der Waals surface area contributed by atoms with E-state index in [1.165, 1.54) is 0 Å². The monoisotopic (exact) mass is 286 g/mol. The first kappa shape index (κ1) is 15.3. The van der Waals surface area contributed by atoms with Crippen molar-refractivity contribution in [1.29, 1.82) is 0 Å². The Labute approximate surface area is 125 Å². The normalized spacial score (nSPS) is 10.6. The van der Waals surface area contributed by atoms with Crippen molar-refractivity contribution < 1.29 is 4.74 Å². The molecule has 0 atom stereocenters. The second-order valence-corrected chi connectivity index (χ2v) is 4.89. The Kier molecular flexibility index (Phi) is 5.51. The SMILES string of the molecule is CCCOCc1ccccc1NCc1cnc(C)nc1N. The van der Waals surface area contributed by atoms with Crippen LogP contribution in [0.3, 0.4) is 0 Å². The third kappa shape index (κ3) is 4.43. The topological polar surface area (TPSA) is 73.1 Å². The van der Waals surface area contributed by atoms with E-state index in [0.717, 1.165) is 29.8 Å². The van der Waals surface area contributed by atoms with Crippen molar-refractivity contribution >= 4 is 11.5 Å². The molecule has 1 aromatic heterocycles. The first-order chi connectivity index (χ1) is 10.2. The highest BCUT2D eigenvalue weighted by Crippen LogP contribution is 2.18. The van der Waals surface area contributed by atoms with Gasteiger partial charge in [-0.25, -0.2) is 9.97 Å². The molecule has 5 nitrogen and oxygen atoms in total. The zero-order valence-electron chi connectivity index (χ0n) is 12.6. The molecule has 1 heterocycles. The van der Waals surface area contributed by atoms with E-state index in [9.17, 15) is 0 Å². The second-order valence-electron chi connectivity index (χ2n) is 4.89. The van der Waals surface area contributed by atoms with Crippen LogP contribution in [-0.4, -0.2) is 16.6 Å². The van der Waals surface area contributed by atoms with Gasteiger partial charge in [0.15, 0.2) is 0 Å². The summed E-state index contributed by atoms with van der Waals surface area (Å²) in [4.78, 5) is 8.35. The molecular weight excluding hydrogens is 264 g/mol. The van der Waals surface area contributed by atoms with E-state index in [2.05, 4.69) is 28.3 Å². The van der Waals surface area contributed by atoms with Crippen LogP contribution in [0.25, 0.3) is 0 Å². The summed E-state index contributed by atoms with van der Waals surface area (Å²) in [5.74, 6) is 1.21. The number of ether oxygens (including phenoxy) is 1. The largest absolute Gasteiger partial charge is 0.383 e. The standard InChI is InChI=1S/C16H22N4O/c1-3-8-21-11-13-6-4-5-7-15(13)19-10-14-9-18-12(2)20-16(14)17/h4-7,9,19H,3,8,10-11H2,1-2H3,(H2,17,18,20). The van der Waals surface area contributed by atoms with Gasteiger partial charge in [0.25, 0.3) is 0 Å². The number of anilines is 2. The summed E-state index contributed by atoms with van der Waals surface area (Å²) in [5, 5.41) is 3.38. The molecule has 3 N–H and O–H groups in total. The molecule has 0 unspecified atom stereocenters. The quantitative estimate of drug-likeness (QED) is 0.766. The molecule has 2 aromatic rings. The molecule has 0 saturated heterocycles. The van der Waals surface area contributed by atoms with Gasteiger partial charge in [-0.15, -0.1) is 0 Å². The summed E-state index contributed by atoms with van der Waals surface area (Å²) in [6.07, 6.45) is 2.79. The number of nitrogen functional groups attached to an aromatic ring is 1. The van der Waals surface area contributed by atoms with Gasteiger partial charge in [0, 0.05) is 36.2 Å². The minimum Gasteiger partial charge on any atom is -0.383 e. The van der Waals surface area contributed by atoms with Gasteiger partial charge in [-0.2, -0.15) is 0 Å². The average molecular weight is 286 g/mol. The lowest BCUT2D eigenvalue weighted by molar-refractivity contribution is 0.122. The fourth-order valence-electron chi connectivity index (χ4n) is 1.98. The van der Waals surface area contributed by atoms with Crippen molar-refractivity contribution in [2.45, 2.75) is 33.4 Å². The van der Waals surface area contributed by atoms with Crippen LogP contribution in [0.1, 0.15) is 30.3 Å². The molecule has 2 rings (SSSR count). The Morgan fingerprint density at radius 3 is 2.81 bits per heavy atom. The molecule has 0 aliphatic carbocycles. The maximum absolute atomic E-state index is 5.91. The Balaban J connectivity index is 2.02. The molecule has 0 fully saturated rings.